The van der Waals surface area contributed by atoms with Crippen LogP contribution in [0.3, 0.4) is 0 Å². The highest BCUT2D eigenvalue weighted by Gasteiger charge is 2.59. The zero-order chi connectivity index (χ0) is 28.8. The minimum atomic E-state index is -0.322. The number of rotatable bonds is 7. The predicted molar refractivity (Wildman–Crippen MR) is 171 cm³/mol. The van der Waals surface area contributed by atoms with Gasteiger partial charge in [-0.2, -0.15) is 0 Å². The third-order valence-corrected chi connectivity index (χ3v) is 12.6. The molecule has 0 bridgehead atoms. The van der Waals surface area contributed by atoms with Gasteiger partial charge in [-0.25, -0.2) is 4.79 Å². The molecule has 41 heavy (non-hydrogen) atoms. The van der Waals surface area contributed by atoms with Crippen molar-refractivity contribution in [2.45, 2.75) is 111 Å². The molecule has 2 aromatic rings. The van der Waals surface area contributed by atoms with Crippen molar-refractivity contribution in [1.82, 2.24) is 0 Å². The van der Waals surface area contributed by atoms with Crippen LogP contribution in [-0.2, 0) is 4.74 Å². The van der Waals surface area contributed by atoms with Gasteiger partial charge in [0.1, 0.15) is 6.10 Å². The molecular formula is C38H53NO2. The number of allylic oxidation sites excluding steroid dienone is 1. The Hall–Kier alpha value is -2.29. The lowest BCUT2D eigenvalue weighted by atomic mass is 9.47. The topological polar surface area (TPSA) is 38.3 Å². The molecule has 0 saturated heterocycles. The number of benzene rings is 2. The molecule has 1 amide bonds. The van der Waals surface area contributed by atoms with Crippen LogP contribution in [0.5, 0.6) is 0 Å². The summed E-state index contributed by atoms with van der Waals surface area (Å²) in [5, 5.41) is 5.21. The van der Waals surface area contributed by atoms with Gasteiger partial charge in [-0.05, 0) is 103 Å². The Bertz CT molecular complexity index is 1270. The molecule has 3 fully saturated rings. The van der Waals surface area contributed by atoms with Gasteiger partial charge in [0.2, 0.25) is 0 Å². The van der Waals surface area contributed by atoms with Crippen molar-refractivity contribution in [2.24, 2.45) is 46.3 Å². The normalized spacial score (nSPS) is 35.3. The van der Waals surface area contributed by atoms with Gasteiger partial charge in [-0.15, -0.1) is 0 Å². The maximum Gasteiger partial charge on any atom is 0.411 e. The van der Waals surface area contributed by atoms with Crippen LogP contribution in [0.25, 0.3) is 10.8 Å². The van der Waals surface area contributed by atoms with Gasteiger partial charge < -0.3 is 4.74 Å². The number of anilines is 1. The molecule has 3 heteroatoms. The van der Waals surface area contributed by atoms with E-state index in [0.717, 1.165) is 71.2 Å². The van der Waals surface area contributed by atoms with Crippen LogP contribution in [0.2, 0.25) is 0 Å². The zero-order valence-corrected chi connectivity index (χ0v) is 26.3. The van der Waals surface area contributed by atoms with Crippen LogP contribution in [0.1, 0.15) is 105 Å². The SMILES string of the molecule is CC(C)CCC[C@@H](C)[C@H]1CC[C@H]2[C@@H]3CC=C4C[C@@H](OC(=O)Nc5cccc6ccccc56)CC[C@]4(C)[C@H]3CC[C@]12C. The molecule has 0 radical (unpaired) electrons. The highest BCUT2D eigenvalue weighted by molar-refractivity contribution is 6.00. The molecule has 4 aliphatic rings. The lowest BCUT2D eigenvalue weighted by Gasteiger charge is -2.58. The number of amides is 1. The predicted octanol–water partition coefficient (Wildman–Crippen LogP) is 10.8. The molecule has 8 atom stereocenters. The Morgan fingerprint density at radius 1 is 0.951 bits per heavy atom. The molecule has 0 heterocycles. The lowest BCUT2D eigenvalue weighted by Crippen LogP contribution is -2.51. The first-order valence-electron chi connectivity index (χ1n) is 16.8. The fraction of sp³-hybridized carbons (Fsp3) is 0.658. The summed E-state index contributed by atoms with van der Waals surface area (Å²) in [4.78, 5) is 13.0. The van der Waals surface area contributed by atoms with Crippen LogP contribution in [-0.4, -0.2) is 12.2 Å². The van der Waals surface area contributed by atoms with E-state index < -0.39 is 0 Å². The van der Waals surface area contributed by atoms with Crippen molar-refractivity contribution in [3.8, 4) is 0 Å². The highest BCUT2D eigenvalue weighted by atomic mass is 16.6. The van der Waals surface area contributed by atoms with Crippen molar-refractivity contribution in [3.63, 3.8) is 0 Å². The summed E-state index contributed by atoms with van der Waals surface area (Å²) in [7, 11) is 0. The maximum atomic E-state index is 13.0. The van der Waals surface area contributed by atoms with E-state index >= 15 is 0 Å². The van der Waals surface area contributed by atoms with Crippen molar-refractivity contribution in [3.05, 3.63) is 54.1 Å². The number of carbonyl (C=O) groups excluding carboxylic acids is 1. The van der Waals surface area contributed by atoms with Gasteiger partial charge >= 0.3 is 6.09 Å². The summed E-state index contributed by atoms with van der Waals surface area (Å²) in [6.07, 6.45) is 16.4. The second kappa shape index (κ2) is 11.4. The Morgan fingerprint density at radius 2 is 1.76 bits per heavy atom. The maximum absolute atomic E-state index is 13.0. The number of hydrogen-bond donors (Lipinski definition) is 1. The van der Waals surface area contributed by atoms with Crippen LogP contribution in [0.15, 0.2) is 54.1 Å². The van der Waals surface area contributed by atoms with Crippen LogP contribution >= 0.6 is 0 Å². The molecule has 0 aromatic heterocycles. The van der Waals surface area contributed by atoms with E-state index in [2.05, 4.69) is 64.2 Å². The van der Waals surface area contributed by atoms with Gasteiger partial charge in [0.25, 0.3) is 0 Å². The summed E-state index contributed by atoms with van der Waals surface area (Å²) >= 11 is 0. The van der Waals surface area contributed by atoms with Crippen molar-refractivity contribution >= 4 is 22.6 Å². The smallest absolute Gasteiger partial charge is 0.411 e. The molecule has 2 aromatic carbocycles. The molecule has 3 saturated carbocycles. The molecular weight excluding hydrogens is 502 g/mol. The van der Waals surface area contributed by atoms with E-state index in [9.17, 15) is 4.79 Å². The molecule has 0 aliphatic heterocycles. The van der Waals surface area contributed by atoms with Gasteiger partial charge in [0, 0.05) is 11.8 Å². The van der Waals surface area contributed by atoms with E-state index in [1.54, 1.807) is 5.57 Å². The Balaban J connectivity index is 1.10. The first-order chi connectivity index (χ1) is 19.7. The monoisotopic (exact) mass is 555 g/mol. The summed E-state index contributed by atoms with van der Waals surface area (Å²) in [5.41, 5.74) is 3.20. The van der Waals surface area contributed by atoms with Crippen LogP contribution in [0.4, 0.5) is 10.5 Å². The average Bonchev–Trinajstić information content (AvgIpc) is 3.30. The molecule has 6 rings (SSSR count). The molecule has 222 valence electrons. The minimum absolute atomic E-state index is 0.0303. The molecule has 1 N–H and O–H groups in total. The molecule has 4 aliphatic carbocycles. The summed E-state index contributed by atoms with van der Waals surface area (Å²) in [5.74, 6) is 5.10. The average molecular weight is 556 g/mol. The fourth-order valence-corrected chi connectivity index (χ4v) is 10.4. The third kappa shape index (κ3) is 5.36. The minimum Gasteiger partial charge on any atom is -0.446 e. The zero-order valence-electron chi connectivity index (χ0n) is 26.3. The first-order valence-corrected chi connectivity index (χ1v) is 16.8. The quantitative estimate of drug-likeness (QED) is 0.345. The number of nitrogens with one attached hydrogen (secondary N) is 1. The van der Waals surface area contributed by atoms with E-state index in [1.165, 1.54) is 51.4 Å². The van der Waals surface area contributed by atoms with E-state index in [1.807, 2.05) is 24.3 Å². The van der Waals surface area contributed by atoms with Gasteiger partial charge in [-0.3, -0.25) is 5.32 Å². The number of fused-ring (bicyclic) bond motifs is 6. The first kappa shape index (κ1) is 28.8. The van der Waals surface area contributed by atoms with Crippen molar-refractivity contribution in [1.29, 1.82) is 0 Å². The number of hydrogen-bond acceptors (Lipinski definition) is 2. The second-order valence-electron chi connectivity index (χ2n) is 15.2. The van der Waals surface area contributed by atoms with Crippen LogP contribution in [0, 0.1) is 46.3 Å². The molecule has 3 nitrogen and oxygen atoms in total. The fourth-order valence-electron chi connectivity index (χ4n) is 10.4. The summed E-state index contributed by atoms with van der Waals surface area (Å²) in [6, 6.07) is 14.2. The second-order valence-corrected chi connectivity index (χ2v) is 15.2. The molecule has 0 spiro atoms. The Morgan fingerprint density at radius 3 is 2.59 bits per heavy atom. The van der Waals surface area contributed by atoms with E-state index in [0.29, 0.717) is 5.41 Å². The van der Waals surface area contributed by atoms with E-state index in [-0.39, 0.29) is 17.6 Å². The number of carbonyl (C=O) groups is 1. The summed E-state index contributed by atoms with van der Waals surface area (Å²) in [6.45, 7) is 12.6. The highest BCUT2D eigenvalue weighted by Crippen LogP contribution is 2.67. The Labute approximate surface area is 248 Å². The number of ether oxygens (including phenoxy) is 1. The van der Waals surface area contributed by atoms with Gasteiger partial charge in [0.15, 0.2) is 0 Å². The van der Waals surface area contributed by atoms with Gasteiger partial charge in [0.05, 0.1) is 5.69 Å². The molecule has 0 unspecified atom stereocenters. The largest absolute Gasteiger partial charge is 0.446 e. The lowest BCUT2D eigenvalue weighted by molar-refractivity contribution is -0.0577. The summed E-state index contributed by atoms with van der Waals surface area (Å²) < 4.78 is 6.06. The van der Waals surface area contributed by atoms with Crippen molar-refractivity contribution in [2.75, 3.05) is 5.32 Å². The van der Waals surface area contributed by atoms with Crippen LogP contribution < -0.4 is 5.32 Å². The van der Waals surface area contributed by atoms with Crippen molar-refractivity contribution < 1.29 is 9.53 Å². The standard InChI is InChI=1S/C38H53NO2/c1-25(2)10-8-11-26(3)32-18-19-33-31-17-16-28-24-29(20-22-37(28,4)34(31)21-23-38(32,33)5)41-36(40)39-35-15-9-13-27-12-6-7-14-30(27)35/h6-7,9,12-16,25-26,29,31-34H,8,10-11,17-24H2,1-5H3,(H,39,40)/t26-,29+,31+,32-,33+,34+,37+,38-/m1/s1. The van der Waals surface area contributed by atoms with E-state index in [4.69, 9.17) is 4.74 Å². The Kier molecular flexibility index (Phi) is 8.02. The van der Waals surface area contributed by atoms with Gasteiger partial charge in [-0.1, -0.05) is 102 Å². The third-order valence-electron chi connectivity index (χ3n) is 12.6.